The summed E-state index contributed by atoms with van der Waals surface area (Å²) in [7, 11) is 0. The molecule has 2 fully saturated rings. The molecule has 0 unspecified atom stereocenters. The fourth-order valence-corrected chi connectivity index (χ4v) is 5.76. The highest BCUT2D eigenvalue weighted by Gasteiger charge is 2.30. The number of halogens is 2. The van der Waals surface area contributed by atoms with Gasteiger partial charge in [-0.25, -0.2) is 4.39 Å². The van der Waals surface area contributed by atoms with Crippen LogP contribution >= 0.6 is 23.1 Å². The molecule has 0 saturated heterocycles. The van der Waals surface area contributed by atoms with Crippen molar-refractivity contribution in [3.05, 3.63) is 39.6 Å². The fraction of sp³-hybridized carbons (Fsp3) is 0.520. The predicted octanol–water partition coefficient (Wildman–Crippen LogP) is 4.68. The molecule has 8 nitrogen and oxygen atoms in total. The first-order valence-corrected chi connectivity index (χ1v) is 13.6. The van der Waals surface area contributed by atoms with Crippen LogP contribution in [-0.2, 0) is 4.79 Å². The summed E-state index contributed by atoms with van der Waals surface area (Å²) in [5.41, 5.74) is 6.42. The van der Waals surface area contributed by atoms with Gasteiger partial charge in [0.25, 0.3) is 11.8 Å². The highest BCUT2D eigenvalue weighted by Crippen LogP contribution is 2.29. The maximum atomic E-state index is 13.8. The van der Waals surface area contributed by atoms with Gasteiger partial charge in [-0.3, -0.25) is 19.3 Å². The predicted molar refractivity (Wildman–Crippen MR) is 139 cm³/mol. The summed E-state index contributed by atoms with van der Waals surface area (Å²) < 4.78 is 18.0. The molecule has 0 spiro atoms. The van der Waals surface area contributed by atoms with E-state index in [2.05, 4.69) is 15.0 Å². The van der Waals surface area contributed by atoms with Crippen LogP contribution in [0.1, 0.15) is 84.4 Å². The van der Waals surface area contributed by atoms with Crippen molar-refractivity contribution in [3.63, 3.8) is 0 Å². The molecule has 0 atom stereocenters. The van der Waals surface area contributed by atoms with E-state index >= 15 is 0 Å². The van der Waals surface area contributed by atoms with Crippen LogP contribution in [0.25, 0.3) is 0 Å². The number of nitrogens with one attached hydrogen (secondary N) is 2. The normalized spacial score (nSPS) is 16.9. The van der Waals surface area contributed by atoms with Crippen molar-refractivity contribution in [3.8, 4) is 0 Å². The van der Waals surface area contributed by atoms with E-state index in [0.717, 1.165) is 81.8 Å². The zero-order valence-corrected chi connectivity index (χ0v) is 21.6. The van der Waals surface area contributed by atoms with Gasteiger partial charge in [-0.15, -0.1) is 0 Å². The lowest BCUT2D eigenvalue weighted by molar-refractivity contribution is -0.120. The van der Waals surface area contributed by atoms with Crippen LogP contribution in [0.5, 0.6) is 0 Å². The van der Waals surface area contributed by atoms with Crippen LogP contribution < -0.4 is 21.3 Å². The molecule has 1 aromatic heterocycles. The number of nitrogen functional groups attached to an aromatic ring is 1. The standard InChI is InChI=1S/C25H31ClFN5O3S/c26-18-13-17(11-12-19(18)27)32(14-20(33)29-15-7-3-1-4-8-15)25(35)23-21(28)22(31-36-23)24(34)30-16-9-5-2-6-10-16/h11-13,15-16H,1-10,14,28H2,(H,29,33)(H,30,34). The minimum atomic E-state index is -0.640. The van der Waals surface area contributed by atoms with Crippen LogP contribution in [0, 0.1) is 5.82 Å². The molecule has 4 N–H and O–H groups in total. The van der Waals surface area contributed by atoms with Crippen molar-refractivity contribution >= 4 is 52.2 Å². The quantitative estimate of drug-likeness (QED) is 0.476. The number of hydrogen-bond donors (Lipinski definition) is 3. The first-order chi connectivity index (χ1) is 17.3. The van der Waals surface area contributed by atoms with Crippen molar-refractivity contribution in [2.24, 2.45) is 0 Å². The second-order valence-electron chi connectivity index (χ2n) is 9.47. The zero-order valence-electron chi connectivity index (χ0n) is 20.0. The molecule has 2 aromatic rings. The Morgan fingerprint density at radius 3 is 2.25 bits per heavy atom. The van der Waals surface area contributed by atoms with E-state index in [1.54, 1.807) is 0 Å². The number of rotatable bonds is 7. The second-order valence-corrected chi connectivity index (χ2v) is 10.7. The lowest BCUT2D eigenvalue weighted by Crippen LogP contribution is -2.45. The number of anilines is 2. The Hall–Kier alpha value is -2.72. The third-order valence-electron chi connectivity index (χ3n) is 6.81. The lowest BCUT2D eigenvalue weighted by atomic mass is 9.95. The van der Waals surface area contributed by atoms with Gasteiger partial charge in [0, 0.05) is 17.8 Å². The molecule has 2 saturated carbocycles. The van der Waals surface area contributed by atoms with Crippen molar-refractivity contribution in [2.45, 2.75) is 76.3 Å². The Labute approximate surface area is 218 Å². The minimum Gasteiger partial charge on any atom is -0.395 e. The number of hydrogen-bond acceptors (Lipinski definition) is 6. The monoisotopic (exact) mass is 535 g/mol. The van der Waals surface area contributed by atoms with E-state index < -0.39 is 17.6 Å². The first-order valence-electron chi connectivity index (χ1n) is 12.5. The van der Waals surface area contributed by atoms with Crippen LogP contribution in [0.3, 0.4) is 0 Å². The largest absolute Gasteiger partial charge is 0.395 e. The Balaban J connectivity index is 1.54. The number of nitrogens with zero attached hydrogens (tertiary/aromatic N) is 2. The summed E-state index contributed by atoms with van der Waals surface area (Å²) in [6, 6.07) is 3.92. The number of benzene rings is 1. The highest BCUT2D eigenvalue weighted by atomic mass is 35.5. The zero-order chi connectivity index (χ0) is 25.7. The average molecular weight is 536 g/mol. The van der Waals surface area contributed by atoms with Gasteiger partial charge in [-0.05, 0) is 55.4 Å². The van der Waals surface area contributed by atoms with Crippen molar-refractivity contribution in [1.82, 2.24) is 15.0 Å². The molecule has 36 heavy (non-hydrogen) atoms. The number of carbonyl (C=O) groups excluding carboxylic acids is 3. The van der Waals surface area contributed by atoms with Crippen molar-refractivity contribution in [1.29, 1.82) is 0 Å². The van der Waals surface area contributed by atoms with Crippen LogP contribution in [0.4, 0.5) is 15.8 Å². The van der Waals surface area contributed by atoms with E-state index in [1.807, 2.05) is 0 Å². The fourth-order valence-electron chi connectivity index (χ4n) is 4.84. The van der Waals surface area contributed by atoms with Gasteiger partial charge in [0.1, 0.15) is 17.2 Å². The van der Waals surface area contributed by atoms with Crippen molar-refractivity contribution in [2.75, 3.05) is 17.2 Å². The van der Waals surface area contributed by atoms with Gasteiger partial charge in [0.2, 0.25) is 5.91 Å². The van der Waals surface area contributed by atoms with Crippen molar-refractivity contribution < 1.29 is 18.8 Å². The molecule has 194 valence electrons. The molecule has 4 rings (SSSR count). The summed E-state index contributed by atoms with van der Waals surface area (Å²) in [4.78, 5) is 40.5. The molecule has 2 aliphatic rings. The molecule has 2 aliphatic carbocycles. The van der Waals surface area contributed by atoms with Crippen LogP contribution in [-0.4, -0.2) is 40.7 Å². The van der Waals surface area contributed by atoms with E-state index in [4.69, 9.17) is 17.3 Å². The number of aromatic nitrogens is 1. The highest BCUT2D eigenvalue weighted by molar-refractivity contribution is 7.09. The van der Waals surface area contributed by atoms with Gasteiger partial charge >= 0.3 is 0 Å². The molecule has 0 aliphatic heterocycles. The minimum absolute atomic E-state index is 0.00216. The molecular weight excluding hydrogens is 505 g/mol. The van der Waals surface area contributed by atoms with E-state index in [-0.39, 0.29) is 51.5 Å². The van der Waals surface area contributed by atoms with Gasteiger partial charge in [-0.2, -0.15) is 4.37 Å². The van der Waals surface area contributed by atoms with Gasteiger partial charge < -0.3 is 16.4 Å². The van der Waals surface area contributed by atoms with Gasteiger partial charge in [0.05, 0.1) is 10.7 Å². The third-order valence-corrected chi connectivity index (χ3v) is 7.95. The third kappa shape index (κ3) is 6.34. The maximum Gasteiger partial charge on any atom is 0.273 e. The average Bonchev–Trinajstić information content (AvgIpc) is 3.26. The number of carbonyl (C=O) groups is 3. The van der Waals surface area contributed by atoms with Crippen LogP contribution in [0.2, 0.25) is 5.02 Å². The smallest absolute Gasteiger partial charge is 0.273 e. The van der Waals surface area contributed by atoms with E-state index in [1.165, 1.54) is 17.0 Å². The summed E-state index contributed by atoms with van der Waals surface area (Å²) >= 11 is 6.77. The molecule has 3 amide bonds. The molecule has 0 radical (unpaired) electrons. The lowest BCUT2D eigenvalue weighted by Gasteiger charge is -2.26. The van der Waals surface area contributed by atoms with Gasteiger partial charge in [0.15, 0.2) is 5.69 Å². The molecular formula is C25H31ClFN5O3S. The Morgan fingerprint density at radius 2 is 1.64 bits per heavy atom. The molecule has 1 aromatic carbocycles. The van der Waals surface area contributed by atoms with Gasteiger partial charge in [-0.1, -0.05) is 50.1 Å². The molecule has 11 heteroatoms. The Kier molecular flexibility index (Phi) is 8.79. The summed E-state index contributed by atoms with van der Waals surface area (Å²) in [5, 5.41) is 5.77. The topological polar surface area (TPSA) is 117 Å². The second kappa shape index (κ2) is 12.0. The Morgan fingerprint density at radius 1 is 1.03 bits per heavy atom. The van der Waals surface area contributed by atoms with E-state index in [9.17, 15) is 18.8 Å². The molecule has 1 heterocycles. The summed E-state index contributed by atoms with van der Waals surface area (Å²) in [6.07, 6.45) is 10.1. The van der Waals surface area contributed by atoms with E-state index in [0.29, 0.717) is 0 Å². The maximum absolute atomic E-state index is 13.8. The number of amides is 3. The molecule has 0 bridgehead atoms. The summed E-state index contributed by atoms with van der Waals surface area (Å²) in [5.74, 6) is -2.00. The first kappa shape index (κ1) is 26.3. The SMILES string of the molecule is Nc1c(C(=O)NC2CCCCC2)nsc1C(=O)N(CC(=O)NC1CCCCC1)c1ccc(F)c(Cl)c1. The summed E-state index contributed by atoms with van der Waals surface area (Å²) in [6.45, 7) is -0.307. The van der Waals surface area contributed by atoms with Crippen LogP contribution in [0.15, 0.2) is 18.2 Å². The number of nitrogens with two attached hydrogens (primary N) is 1. The Bertz CT molecular complexity index is 1120.